The van der Waals surface area contributed by atoms with E-state index in [4.69, 9.17) is 0 Å². The van der Waals surface area contributed by atoms with Crippen LogP contribution >= 0.6 is 0 Å². The lowest BCUT2D eigenvalue weighted by molar-refractivity contribution is 1.07. The molecule has 0 aliphatic rings. The first-order valence-electron chi connectivity index (χ1n) is 2.77. The topological polar surface area (TPSA) is 0 Å². The van der Waals surface area contributed by atoms with Crippen LogP contribution in [0.4, 0.5) is 0 Å². The molecule has 2 heteroatoms. The van der Waals surface area contributed by atoms with Gasteiger partial charge in [0.05, 0.1) is 0 Å². The highest BCUT2D eigenvalue weighted by Crippen LogP contribution is 1.92. The van der Waals surface area contributed by atoms with Crippen molar-refractivity contribution < 1.29 is 0 Å². The van der Waals surface area contributed by atoms with Gasteiger partial charge in [-0.2, -0.15) is 0 Å². The van der Waals surface area contributed by atoms with Gasteiger partial charge < -0.3 is 0 Å². The number of hydrogen-bond acceptors (Lipinski definition) is 0. The standard InChI is InChI=1S/C4H14Si2/c1-4(2)6-5-3/h4H,5-6H2,1-3H3. The van der Waals surface area contributed by atoms with Crippen LogP contribution in [0.15, 0.2) is 0 Å². The Morgan fingerprint density at radius 2 is 1.83 bits per heavy atom. The second kappa shape index (κ2) is 3.62. The maximum absolute atomic E-state index is 2.42. The zero-order chi connectivity index (χ0) is 4.99. The van der Waals surface area contributed by atoms with E-state index in [2.05, 4.69) is 20.4 Å². The SMILES string of the molecule is C[SiH2][SiH2]C(C)C. The number of hydrogen-bond donors (Lipinski definition) is 0. The molecule has 0 aromatic heterocycles. The van der Waals surface area contributed by atoms with Crippen molar-refractivity contribution in [3.05, 3.63) is 0 Å². The molecule has 0 saturated carbocycles. The van der Waals surface area contributed by atoms with E-state index in [0.29, 0.717) is 18.1 Å². The van der Waals surface area contributed by atoms with Crippen molar-refractivity contribution in [2.45, 2.75) is 25.9 Å². The van der Waals surface area contributed by atoms with E-state index in [-0.39, 0.29) is 0 Å². The molecule has 6 heavy (non-hydrogen) atoms. The van der Waals surface area contributed by atoms with Crippen LogP contribution < -0.4 is 0 Å². The zero-order valence-corrected chi connectivity index (χ0v) is 7.82. The third-order valence-corrected chi connectivity index (χ3v) is 7.79. The molecular formula is C4H14Si2. The minimum absolute atomic E-state index is 0.495. The van der Waals surface area contributed by atoms with Gasteiger partial charge in [-0.25, -0.2) is 0 Å². The molecule has 0 nitrogen and oxygen atoms in total. The summed E-state index contributed by atoms with van der Waals surface area (Å²) in [4.78, 5) is 0. The van der Waals surface area contributed by atoms with Crippen molar-refractivity contribution in [1.82, 2.24) is 0 Å². The van der Waals surface area contributed by atoms with Crippen LogP contribution in [0.1, 0.15) is 13.8 Å². The minimum atomic E-state index is 0.495. The Morgan fingerprint density at radius 3 is 1.83 bits per heavy atom. The zero-order valence-electron chi connectivity index (χ0n) is 4.99. The fraction of sp³-hybridized carbons (Fsp3) is 1.00. The van der Waals surface area contributed by atoms with Crippen LogP contribution in [0.25, 0.3) is 0 Å². The maximum atomic E-state index is 2.42. The first-order valence-corrected chi connectivity index (χ1v) is 9.00. The van der Waals surface area contributed by atoms with E-state index in [1.54, 1.807) is 0 Å². The third kappa shape index (κ3) is 4.43. The Balaban J connectivity index is 2.63. The smallest absolute Gasteiger partial charge is 0.0108 e. The lowest BCUT2D eigenvalue weighted by Gasteiger charge is -1.94. The Kier molecular flexibility index (Phi) is 3.88. The van der Waals surface area contributed by atoms with Crippen LogP contribution in [0.5, 0.6) is 0 Å². The molecule has 0 spiro atoms. The summed E-state index contributed by atoms with van der Waals surface area (Å²) in [7, 11) is 1.00. The van der Waals surface area contributed by atoms with Crippen molar-refractivity contribution in [2.75, 3.05) is 0 Å². The van der Waals surface area contributed by atoms with Gasteiger partial charge in [0.1, 0.15) is 0 Å². The fourth-order valence-corrected chi connectivity index (χ4v) is 5.20. The maximum Gasteiger partial charge on any atom is 0.0108 e. The van der Waals surface area contributed by atoms with E-state index >= 15 is 0 Å². The molecule has 0 aliphatic carbocycles. The van der Waals surface area contributed by atoms with Crippen molar-refractivity contribution in [3.63, 3.8) is 0 Å². The predicted octanol–water partition coefficient (Wildman–Crippen LogP) is 0.115. The highest BCUT2D eigenvalue weighted by atomic mass is 29.1. The molecule has 0 N–H and O–H groups in total. The molecular weight excluding hydrogens is 104 g/mol. The fourth-order valence-electron chi connectivity index (χ4n) is 0.577. The third-order valence-electron chi connectivity index (χ3n) is 0.866. The van der Waals surface area contributed by atoms with Gasteiger partial charge in [-0.05, 0) is 0 Å². The summed E-state index contributed by atoms with van der Waals surface area (Å²) in [5.74, 6) is 0. The first kappa shape index (κ1) is 6.43. The van der Waals surface area contributed by atoms with Crippen LogP contribution in [0.3, 0.4) is 0 Å². The van der Waals surface area contributed by atoms with Crippen molar-refractivity contribution in [2.24, 2.45) is 0 Å². The molecule has 0 fully saturated rings. The lowest BCUT2D eigenvalue weighted by Crippen LogP contribution is -2.01. The van der Waals surface area contributed by atoms with E-state index in [0.717, 1.165) is 5.54 Å². The van der Waals surface area contributed by atoms with Gasteiger partial charge in [-0.3, -0.25) is 0 Å². The number of rotatable bonds is 2. The molecule has 0 atom stereocenters. The van der Waals surface area contributed by atoms with Crippen LogP contribution in [0.2, 0.25) is 12.1 Å². The second-order valence-corrected chi connectivity index (χ2v) is 10.1. The Labute approximate surface area is 44.8 Å². The Bertz CT molecular complexity index is 26.7. The summed E-state index contributed by atoms with van der Waals surface area (Å²) < 4.78 is 0. The van der Waals surface area contributed by atoms with Crippen LogP contribution in [-0.4, -0.2) is 18.1 Å². The Hall–Kier alpha value is 0.434. The average Bonchev–Trinajstić information content (AvgIpc) is 1.35. The summed E-state index contributed by atoms with van der Waals surface area (Å²) in [5.41, 5.74) is 1.10. The quantitative estimate of drug-likeness (QED) is 0.452. The van der Waals surface area contributed by atoms with Crippen LogP contribution in [-0.2, 0) is 0 Å². The van der Waals surface area contributed by atoms with Gasteiger partial charge in [-0.15, -0.1) is 0 Å². The second-order valence-electron chi connectivity index (χ2n) is 2.18. The summed E-state index contributed by atoms with van der Waals surface area (Å²) in [6, 6.07) is 0. The van der Waals surface area contributed by atoms with Gasteiger partial charge in [0.25, 0.3) is 0 Å². The molecule has 0 amide bonds. The molecule has 0 heterocycles. The van der Waals surface area contributed by atoms with Crippen molar-refractivity contribution in [3.8, 4) is 0 Å². The van der Waals surface area contributed by atoms with Crippen molar-refractivity contribution >= 4 is 18.1 Å². The summed E-state index contributed by atoms with van der Waals surface area (Å²) >= 11 is 0. The van der Waals surface area contributed by atoms with Gasteiger partial charge >= 0.3 is 0 Å². The van der Waals surface area contributed by atoms with Gasteiger partial charge in [-0.1, -0.05) is 25.9 Å². The van der Waals surface area contributed by atoms with E-state index in [9.17, 15) is 0 Å². The first-order chi connectivity index (χ1) is 2.77. The average molecular weight is 118 g/mol. The minimum Gasteiger partial charge on any atom is -0.0771 e. The molecule has 0 saturated heterocycles. The molecule has 38 valence electrons. The van der Waals surface area contributed by atoms with E-state index < -0.39 is 0 Å². The highest BCUT2D eigenvalue weighted by molar-refractivity contribution is 7.00. The normalized spacial score (nSPS) is 14.0. The predicted molar refractivity (Wildman–Crippen MR) is 38.1 cm³/mol. The van der Waals surface area contributed by atoms with Crippen LogP contribution in [0, 0.1) is 0 Å². The van der Waals surface area contributed by atoms with Gasteiger partial charge in [0, 0.05) is 18.1 Å². The van der Waals surface area contributed by atoms with Gasteiger partial charge in [0.15, 0.2) is 0 Å². The largest absolute Gasteiger partial charge is 0.0771 e. The molecule has 0 rings (SSSR count). The molecule has 0 aromatic rings. The molecule has 0 unspecified atom stereocenters. The summed E-state index contributed by atoms with van der Waals surface area (Å²) in [6.07, 6.45) is 0. The molecule has 0 aliphatic heterocycles. The lowest BCUT2D eigenvalue weighted by atomic mass is 10.6. The molecule has 0 radical (unpaired) electrons. The van der Waals surface area contributed by atoms with Crippen molar-refractivity contribution in [1.29, 1.82) is 0 Å². The molecule has 0 bridgehead atoms. The Morgan fingerprint density at radius 1 is 1.33 bits per heavy atom. The molecule has 0 aromatic carbocycles. The van der Waals surface area contributed by atoms with E-state index in [1.807, 2.05) is 0 Å². The highest BCUT2D eigenvalue weighted by Gasteiger charge is 1.87. The summed E-state index contributed by atoms with van der Waals surface area (Å²) in [6.45, 7) is 7.12. The van der Waals surface area contributed by atoms with E-state index in [1.165, 1.54) is 0 Å². The van der Waals surface area contributed by atoms with Gasteiger partial charge in [0.2, 0.25) is 0 Å². The monoisotopic (exact) mass is 118 g/mol. The summed E-state index contributed by atoms with van der Waals surface area (Å²) in [5, 5.41) is 0.